The van der Waals surface area contributed by atoms with E-state index in [1.165, 1.54) is 13.0 Å². The lowest BCUT2D eigenvalue weighted by Crippen LogP contribution is -2.17. The van der Waals surface area contributed by atoms with Crippen molar-refractivity contribution in [1.82, 2.24) is 0 Å². The predicted molar refractivity (Wildman–Crippen MR) is 34.8 cm³/mol. The minimum Gasteiger partial charge on any atom is -0.188 e. The predicted octanol–water partition coefficient (Wildman–Crippen LogP) is 3.03. The first-order valence-electron chi connectivity index (χ1n) is 2.66. The van der Waals surface area contributed by atoms with Gasteiger partial charge in [-0.3, -0.25) is 0 Å². The van der Waals surface area contributed by atoms with Crippen LogP contribution in [0.15, 0.2) is 12.7 Å². The molecule has 0 aliphatic carbocycles. The van der Waals surface area contributed by atoms with Crippen LogP contribution in [0, 0.1) is 5.92 Å². The average molecular weight is 155 g/mol. The highest BCUT2D eigenvalue weighted by atomic mass is 35.5. The standard InChI is InChI=1S/C6H9ClF2/c1-3-4-5(2)6(7,8)9/h3,5H,1,4H2,2H3. The quantitative estimate of drug-likeness (QED) is 0.433. The van der Waals surface area contributed by atoms with Crippen LogP contribution in [0.2, 0.25) is 0 Å². The first-order chi connectivity index (χ1) is 3.98. The van der Waals surface area contributed by atoms with E-state index in [2.05, 4.69) is 18.2 Å². The van der Waals surface area contributed by atoms with E-state index in [4.69, 9.17) is 0 Å². The van der Waals surface area contributed by atoms with Crippen molar-refractivity contribution >= 4 is 11.6 Å². The highest BCUT2D eigenvalue weighted by Gasteiger charge is 2.31. The number of hydrogen-bond acceptors (Lipinski definition) is 0. The molecule has 0 aromatic rings. The topological polar surface area (TPSA) is 0 Å². The summed E-state index contributed by atoms with van der Waals surface area (Å²) in [5.74, 6) is -0.823. The monoisotopic (exact) mass is 154 g/mol. The zero-order chi connectivity index (χ0) is 7.49. The van der Waals surface area contributed by atoms with E-state index in [0.717, 1.165) is 0 Å². The van der Waals surface area contributed by atoms with Crippen LogP contribution in [0.1, 0.15) is 13.3 Å². The average Bonchev–Trinajstić information content (AvgIpc) is 1.64. The van der Waals surface area contributed by atoms with Crippen LogP contribution in [0.5, 0.6) is 0 Å². The van der Waals surface area contributed by atoms with Crippen molar-refractivity contribution in [3.63, 3.8) is 0 Å². The van der Waals surface area contributed by atoms with Gasteiger partial charge in [-0.25, -0.2) is 0 Å². The van der Waals surface area contributed by atoms with Gasteiger partial charge in [-0.2, -0.15) is 8.78 Å². The van der Waals surface area contributed by atoms with Crippen LogP contribution >= 0.6 is 11.6 Å². The molecule has 0 spiro atoms. The SMILES string of the molecule is C=CCC(C)C(F)(F)Cl. The molecule has 0 aliphatic rings. The van der Waals surface area contributed by atoms with Gasteiger partial charge < -0.3 is 0 Å². The lowest BCUT2D eigenvalue weighted by Gasteiger charge is -2.13. The summed E-state index contributed by atoms with van der Waals surface area (Å²) in [4.78, 5) is 0. The molecular formula is C6H9ClF2. The van der Waals surface area contributed by atoms with Crippen molar-refractivity contribution in [2.45, 2.75) is 18.7 Å². The van der Waals surface area contributed by atoms with Crippen molar-refractivity contribution in [1.29, 1.82) is 0 Å². The normalized spacial score (nSPS) is 15.1. The minimum atomic E-state index is -3.09. The molecule has 0 bridgehead atoms. The second-order valence-electron chi connectivity index (χ2n) is 1.97. The van der Waals surface area contributed by atoms with E-state index in [9.17, 15) is 8.78 Å². The molecule has 1 unspecified atom stereocenters. The molecule has 0 saturated heterocycles. The fraction of sp³-hybridized carbons (Fsp3) is 0.667. The summed E-state index contributed by atoms with van der Waals surface area (Å²) in [6, 6.07) is 0. The van der Waals surface area contributed by atoms with Crippen molar-refractivity contribution in [3.05, 3.63) is 12.7 Å². The largest absolute Gasteiger partial charge is 0.324 e. The second kappa shape index (κ2) is 3.16. The minimum absolute atomic E-state index is 0.247. The van der Waals surface area contributed by atoms with E-state index in [1.807, 2.05) is 0 Å². The molecule has 0 radical (unpaired) electrons. The van der Waals surface area contributed by atoms with E-state index >= 15 is 0 Å². The fourth-order valence-electron chi connectivity index (χ4n) is 0.384. The molecule has 9 heavy (non-hydrogen) atoms. The molecule has 54 valence electrons. The highest BCUT2D eigenvalue weighted by Crippen LogP contribution is 2.30. The molecule has 0 aromatic carbocycles. The summed E-state index contributed by atoms with van der Waals surface area (Å²) in [5.41, 5.74) is 0. The second-order valence-corrected chi connectivity index (χ2v) is 2.47. The summed E-state index contributed by atoms with van der Waals surface area (Å²) in [5, 5.41) is -3.09. The van der Waals surface area contributed by atoms with Crippen molar-refractivity contribution < 1.29 is 8.78 Å². The third-order valence-corrected chi connectivity index (χ3v) is 1.45. The Hall–Kier alpha value is -0.110. The van der Waals surface area contributed by atoms with Gasteiger partial charge in [0.05, 0.1) is 0 Å². The van der Waals surface area contributed by atoms with Gasteiger partial charge in [-0.05, 0) is 18.0 Å². The Labute approximate surface area is 58.5 Å². The Bertz CT molecular complexity index is 95.7. The van der Waals surface area contributed by atoms with Crippen LogP contribution in [0.25, 0.3) is 0 Å². The molecule has 1 atom stereocenters. The van der Waals surface area contributed by atoms with Crippen molar-refractivity contribution in [2.75, 3.05) is 0 Å². The number of halogens is 3. The Morgan fingerprint density at radius 1 is 1.78 bits per heavy atom. The number of alkyl halides is 3. The van der Waals surface area contributed by atoms with Gasteiger partial charge in [0.2, 0.25) is 0 Å². The Morgan fingerprint density at radius 2 is 2.22 bits per heavy atom. The maximum Gasteiger partial charge on any atom is 0.324 e. The molecule has 0 rings (SSSR count). The van der Waals surface area contributed by atoms with Gasteiger partial charge in [-0.1, -0.05) is 13.0 Å². The van der Waals surface area contributed by atoms with Crippen LogP contribution in [0.3, 0.4) is 0 Å². The maximum atomic E-state index is 12.0. The van der Waals surface area contributed by atoms with Gasteiger partial charge in [0, 0.05) is 5.92 Å². The van der Waals surface area contributed by atoms with Gasteiger partial charge in [-0.15, -0.1) is 6.58 Å². The third-order valence-electron chi connectivity index (χ3n) is 1.08. The van der Waals surface area contributed by atoms with E-state index in [-0.39, 0.29) is 6.42 Å². The van der Waals surface area contributed by atoms with Gasteiger partial charge in [0.15, 0.2) is 0 Å². The number of rotatable bonds is 3. The maximum absolute atomic E-state index is 12.0. The highest BCUT2D eigenvalue weighted by molar-refractivity contribution is 6.21. The molecule has 0 aliphatic heterocycles. The molecule has 0 N–H and O–H groups in total. The molecule has 0 saturated carbocycles. The summed E-state index contributed by atoms with van der Waals surface area (Å²) >= 11 is 4.68. The first-order valence-corrected chi connectivity index (χ1v) is 3.04. The zero-order valence-corrected chi connectivity index (χ0v) is 5.96. The van der Waals surface area contributed by atoms with Gasteiger partial charge >= 0.3 is 5.38 Å². The Morgan fingerprint density at radius 3 is 2.33 bits per heavy atom. The van der Waals surface area contributed by atoms with Crippen molar-refractivity contribution in [3.8, 4) is 0 Å². The fourth-order valence-corrected chi connectivity index (χ4v) is 0.473. The summed E-state index contributed by atoms with van der Waals surface area (Å²) in [7, 11) is 0. The van der Waals surface area contributed by atoms with E-state index in [0.29, 0.717) is 0 Å². The number of hydrogen-bond donors (Lipinski definition) is 0. The lowest BCUT2D eigenvalue weighted by atomic mass is 10.1. The van der Waals surface area contributed by atoms with E-state index in [1.54, 1.807) is 0 Å². The molecule has 0 amide bonds. The zero-order valence-electron chi connectivity index (χ0n) is 5.20. The van der Waals surface area contributed by atoms with Crippen LogP contribution in [-0.4, -0.2) is 5.38 Å². The third kappa shape index (κ3) is 3.46. The summed E-state index contributed by atoms with van der Waals surface area (Å²) in [6.45, 7) is 4.71. The summed E-state index contributed by atoms with van der Waals surface area (Å²) < 4.78 is 24.0. The van der Waals surface area contributed by atoms with E-state index < -0.39 is 11.3 Å². The van der Waals surface area contributed by atoms with Crippen LogP contribution in [-0.2, 0) is 0 Å². The van der Waals surface area contributed by atoms with Crippen molar-refractivity contribution in [2.24, 2.45) is 5.92 Å². The number of allylic oxidation sites excluding steroid dienone is 1. The Balaban J connectivity index is 3.72. The molecule has 0 aromatic heterocycles. The van der Waals surface area contributed by atoms with Gasteiger partial charge in [0.25, 0.3) is 0 Å². The summed E-state index contributed by atoms with van der Waals surface area (Å²) in [6.07, 6.45) is 1.68. The van der Waals surface area contributed by atoms with Crippen LogP contribution in [0.4, 0.5) is 8.78 Å². The lowest BCUT2D eigenvalue weighted by molar-refractivity contribution is 0.0384. The smallest absolute Gasteiger partial charge is 0.188 e. The van der Waals surface area contributed by atoms with Gasteiger partial charge in [0.1, 0.15) is 0 Å². The Kier molecular flexibility index (Phi) is 3.12. The molecule has 0 nitrogen and oxygen atoms in total. The first kappa shape index (κ1) is 8.89. The molecule has 0 heterocycles. The molecule has 0 fully saturated rings. The molecule has 3 heteroatoms. The van der Waals surface area contributed by atoms with Crippen LogP contribution < -0.4 is 0 Å². The molecular weight excluding hydrogens is 146 g/mol.